The summed E-state index contributed by atoms with van der Waals surface area (Å²) < 4.78 is 33.1. The highest BCUT2D eigenvalue weighted by Crippen LogP contribution is 2.31. The second-order valence-corrected chi connectivity index (χ2v) is 10.0. The average molecular weight is 394 g/mol. The van der Waals surface area contributed by atoms with Crippen molar-refractivity contribution >= 4 is 15.9 Å². The summed E-state index contributed by atoms with van der Waals surface area (Å²) in [7, 11) is -3.36. The molecule has 0 spiro atoms. The molecule has 3 aliphatic rings. The maximum Gasteiger partial charge on any atom is 0.225 e. The summed E-state index contributed by atoms with van der Waals surface area (Å²) in [5.74, 6) is 0.266. The Balaban J connectivity index is 1.25. The summed E-state index contributed by atoms with van der Waals surface area (Å²) in [6.07, 6.45) is 6.45. The molecule has 2 saturated heterocycles. The van der Waals surface area contributed by atoms with E-state index in [-0.39, 0.29) is 17.9 Å². The predicted molar refractivity (Wildman–Crippen MR) is 100 cm³/mol. The van der Waals surface area contributed by atoms with Crippen LogP contribution in [0.1, 0.15) is 37.8 Å². The highest BCUT2D eigenvalue weighted by atomic mass is 32.2. The van der Waals surface area contributed by atoms with E-state index in [0.29, 0.717) is 39.2 Å². The van der Waals surface area contributed by atoms with E-state index in [1.165, 1.54) is 4.31 Å². The van der Waals surface area contributed by atoms with E-state index in [9.17, 15) is 13.2 Å². The van der Waals surface area contributed by atoms with Crippen LogP contribution < -0.4 is 0 Å². The monoisotopic (exact) mass is 393 g/mol. The number of likely N-dealkylation sites (tertiary alicyclic amines) is 1. The molecule has 1 amide bonds. The fourth-order valence-electron chi connectivity index (χ4n) is 4.20. The Kier molecular flexibility index (Phi) is 5.48. The molecule has 4 rings (SSSR count). The molecule has 1 atom stereocenters. The van der Waals surface area contributed by atoms with Crippen LogP contribution in [0, 0.1) is 5.92 Å². The van der Waals surface area contributed by atoms with Crippen LogP contribution in [-0.2, 0) is 26.2 Å². The SMILES string of the molecule is O=C(C1CCCC1)N1CC(S(=O)(=O)N2CC[C@@H](OCc3ccccn3)C2)C1. The number of ether oxygens (including phenoxy) is 1. The zero-order chi connectivity index (χ0) is 18.9. The Bertz CT molecular complexity index is 758. The summed E-state index contributed by atoms with van der Waals surface area (Å²) >= 11 is 0. The number of rotatable bonds is 6. The number of pyridine rings is 1. The third kappa shape index (κ3) is 4.02. The van der Waals surface area contributed by atoms with Crippen molar-refractivity contribution in [2.45, 2.75) is 50.1 Å². The lowest BCUT2D eigenvalue weighted by atomic mass is 10.0. The Morgan fingerprint density at radius 2 is 1.93 bits per heavy atom. The first-order chi connectivity index (χ1) is 13.0. The molecular formula is C19H27N3O4S. The normalized spacial score (nSPS) is 25.0. The molecule has 0 bridgehead atoms. The molecule has 0 unspecified atom stereocenters. The molecule has 1 aliphatic carbocycles. The van der Waals surface area contributed by atoms with Crippen molar-refractivity contribution in [3.63, 3.8) is 0 Å². The molecule has 3 fully saturated rings. The first kappa shape index (κ1) is 18.8. The second-order valence-electron chi connectivity index (χ2n) is 7.79. The quantitative estimate of drug-likeness (QED) is 0.730. The second kappa shape index (κ2) is 7.85. The molecule has 2 aliphatic heterocycles. The number of nitrogens with zero attached hydrogens (tertiary/aromatic N) is 3. The number of carbonyl (C=O) groups excluding carboxylic acids is 1. The third-order valence-corrected chi connectivity index (χ3v) is 8.14. The lowest BCUT2D eigenvalue weighted by molar-refractivity contribution is -0.138. The van der Waals surface area contributed by atoms with Gasteiger partial charge < -0.3 is 9.64 Å². The molecule has 7 nitrogen and oxygen atoms in total. The van der Waals surface area contributed by atoms with Crippen molar-refractivity contribution in [1.29, 1.82) is 0 Å². The predicted octanol–water partition coefficient (Wildman–Crippen LogP) is 1.40. The van der Waals surface area contributed by atoms with Crippen molar-refractivity contribution in [2.24, 2.45) is 5.92 Å². The molecule has 0 N–H and O–H groups in total. The van der Waals surface area contributed by atoms with Gasteiger partial charge in [-0.25, -0.2) is 8.42 Å². The van der Waals surface area contributed by atoms with Gasteiger partial charge in [0.15, 0.2) is 0 Å². The van der Waals surface area contributed by atoms with Crippen LogP contribution in [0.15, 0.2) is 24.4 Å². The molecule has 27 heavy (non-hydrogen) atoms. The van der Waals surface area contributed by atoms with Gasteiger partial charge in [-0.2, -0.15) is 4.31 Å². The minimum Gasteiger partial charge on any atom is -0.371 e. The van der Waals surface area contributed by atoms with Gasteiger partial charge in [-0.3, -0.25) is 9.78 Å². The van der Waals surface area contributed by atoms with E-state index >= 15 is 0 Å². The summed E-state index contributed by atoms with van der Waals surface area (Å²) in [5.41, 5.74) is 0.846. The zero-order valence-electron chi connectivity index (χ0n) is 15.5. The fraction of sp³-hybridized carbons (Fsp3) is 0.684. The molecule has 148 valence electrons. The van der Waals surface area contributed by atoms with Crippen LogP contribution in [0.3, 0.4) is 0 Å². The van der Waals surface area contributed by atoms with Crippen LogP contribution in [0.4, 0.5) is 0 Å². The van der Waals surface area contributed by atoms with Crippen LogP contribution >= 0.6 is 0 Å². The van der Waals surface area contributed by atoms with Gasteiger partial charge >= 0.3 is 0 Å². The number of amides is 1. The number of hydrogen-bond donors (Lipinski definition) is 0. The molecule has 0 radical (unpaired) electrons. The number of aromatic nitrogens is 1. The van der Waals surface area contributed by atoms with Crippen LogP contribution in [0.2, 0.25) is 0 Å². The van der Waals surface area contributed by atoms with E-state index in [1.807, 2.05) is 18.2 Å². The van der Waals surface area contributed by atoms with Gasteiger partial charge in [0.25, 0.3) is 0 Å². The molecule has 8 heteroatoms. The van der Waals surface area contributed by atoms with Crippen molar-refractivity contribution in [1.82, 2.24) is 14.2 Å². The van der Waals surface area contributed by atoms with E-state index in [0.717, 1.165) is 31.4 Å². The first-order valence-corrected chi connectivity index (χ1v) is 11.3. The molecular weight excluding hydrogens is 366 g/mol. The lowest BCUT2D eigenvalue weighted by Crippen LogP contribution is -2.60. The van der Waals surface area contributed by atoms with Gasteiger partial charge in [0, 0.05) is 38.3 Å². The van der Waals surface area contributed by atoms with Crippen molar-refractivity contribution < 1.29 is 17.9 Å². The number of hydrogen-bond acceptors (Lipinski definition) is 5. The largest absolute Gasteiger partial charge is 0.371 e. The third-order valence-electron chi connectivity index (χ3n) is 5.95. The van der Waals surface area contributed by atoms with Gasteiger partial charge in [0.2, 0.25) is 15.9 Å². The van der Waals surface area contributed by atoms with Crippen molar-refractivity contribution in [3.8, 4) is 0 Å². The smallest absolute Gasteiger partial charge is 0.225 e. The summed E-state index contributed by atoms with van der Waals surface area (Å²) in [5, 5.41) is -0.461. The van der Waals surface area contributed by atoms with Gasteiger partial charge in [0.05, 0.1) is 18.4 Å². The van der Waals surface area contributed by atoms with Crippen molar-refractivity contribution in [3.05, 3.63) is 30.1 Å². The fourth-order valence-corrected chi connectivity index (χ4v) is 6.09. The minimum absolute atomic E-state index is 0.0990. The van der Waals surface area contributed by atoms with Gasteiger partial charge in [-0.05, 0) is 31.4 Å². The summed E-state index contributed by atoms with van der Waals surface area (Å²) in [4.78, 5) is 18.3. The summed E-state index contributed by atoms with van der Waals surface area (Å²) in [6.45, 7) is 1.96. The highest BCUT2D eigenvalue weighted by Gasteiger charge is 2.46. The van der Waals surface area contributed by atoms with E-state index in [1.54, 1.807) is 11.1 Å². The first-order valence-electron chi connectivity index (χ1n) is 9.83. The number of sulfonamides is 1. The molecule has 1 aromatic rings. The Hall–Kier alpha value is -1.51. The van der Waals surface area contributed by atoms with Crippen LogP contribution in [-0.4, -0.2) is 66.0 Å². The maximum atomic E-state index is 12.8. The molecule has 3 heterocycles. The topological polar surface area (TPSA) is 79.8 Å². The molecule has 0 aromatic carbocycles. The summed E-state index contributed by atoms with van der Waals surface area (Å²) in [6, 6.07) is 5.66. The Morgan fingerprint density at radius 1 is 1.15 bits per heavy atom. The van der Waals surface area contributed by atoms with Gasteiger partial charge in [0.1, 0.15) is 5.25 Å². The average Bonchev–Trinajstić information content (AvgIpc) is 3.31. The van der Waals surface area contributed by atoms with E-state index < -0.39 is 15.3 Å². The maximum absolute atomic E-state index is 12.8. The Labute approximate surface area is 160 Å². The highest BCUT2D eigenvalue weighted by molar-refractivity contribution is 7.89. The molecule has 1 saturated carbocycles. The Morgan fingerprint density at radius 3 is 2.63 bits per heavy atom. The lowest BCUT2D eigenvalue weighted by Gasteiger charge is -2.41. The zero-order valence-corrected chi connectivity index (χ0v) is 16.3. The molecule has 1 aromatic heterocycles. The van der Waals surface area contributed by atoms with Gasteiger partial charge in [-0.15, -0.1) is 0 Å². The van der Waals surface area contributed by atoms with Crippen LogP contribution in [0.5, 0.6) is 0 Å². The van der Waals surface area contributed by atoms with E-state index in [4.69, 9.17) is 4.74 Å². The van der Waals surface area contributed by atoms with E-state index in [2.05, 4.69) is 4.98 Å². The van der Waals surface area contributed by atoms with Gasteiger partial charge in [-0.1, -0.05) is 18.9 Å². The van der Waals surface area contributed by atoms with Crippen molar-refractivity contribution in [2.75, 3.05) is 26.2 Å². The van der Waals surface area contributed by atoms with Crippen LogP contribution in [0.25, 0.3) is 0 Å². The minimum atomic E-state index is -3.36. The standard InChI is InChI=1S/C19H27N3O4S/c23-19(15-5-1-2-6-15)21-12-18(13-21)27(24,25)22-10-8-17(11-22)26-14-16-7-3-4-9-20-16/h3-4,7,9,15,17-18H,1-2,5-6,8,10-14H2/t17-/m1/s1. The number of carbonyl (C=O) groups is 1.